The third-order valence-corrected chi connectivity index (χ3v) is 5.79. The molecule has 2 heterocycles. The minimum atomic E-state index is -0.266. The van der Waals surface area contributed by atoms with Crippen molar-refractivity contribution >= 4 is 22.6 Å². The molecule has 4 aromatic rings. The van der Waals surface area contributed by atoms with Gasteiger partial charge < -0.3 is 20.2 Å². The Hall–Kier alpha value is -4.01. The highest BCUT2D eigenvalue weighted by atomic mass is 16.2. The van der Waals surface area contributed by atoms with Crippen LogP contribution in [0.1, 0.15) is 44.0 Å². The third kappa shape index (κ3) is 6.06. The van der Waals surface area contributed by atoms with Gasteiger partial charge in [0.1, 0.15) is 25.0 Å². The van der Waals surface area contributed by atoms with Crippen molar-refractivity contribution in [2.75, 3.05) is 7.05 Å². The number of H-pyrrole nitrogens is 1. The second kappa shape index (κ2) is 11.2. The molecule has 176 valence electrons. The van der Waals surface area contributed by atoms with Gasteiger partial charge in [0, 0.05) is 19.0 Å². The molecule has 0 aliphatic rings. The summed E-state index contributed by atoms with van der Waals surface area (Å²) in [5.74, 6) is 0.621. The first-order valence-electron chi connectivity index (χ1n) is 11.5. The van der Waals surface area contributed by atoms with Gasteiger partial charge in [0.15, 0.2) is 0 Å². The van der Waals surface area contributed by atoms with Crippen LogP contribution in [-0.2, 0) is 16.1 Å². The highest BCUT2D eigenvalue weighted by Crippen LogP contribution is 2.25. The summed E-state index contributed by atoms with van der Waals surface area (Å²) in [5, 5.41) is 15.6. The summed E-state index contributed by atoms with van der Waals surface area (Å²) in [6, 6.07) is 14.2. The van der Waals surface area contributed by atoms with E-state index in [2.05, 4.69) is 61.1 Å². The highest BCUT2D eigenvalue weighted by molar-refractivity contribution is 5.86. The summed E-state index contributed by atoms with van der Waals surface area (Å²) in [5.41, 5.74) is 1.94. The number of unbranched alkanes of at least 4 members (excludes halogenated alkanes) is 2. The van der Waals surface area contributed by atoms with Crippen LogP contribution in [0.2, 0.25) is 0 Å². The van der Waals surface area contributed by atoms with Gasteiger partial charge in [0.05, 0.1) is 17.9 Å². The normalized spacial score (nSPS) is 11.9. The van der Waals surface area contributed by atoms with Crippen molar-refractivity contribution in [2.24, 2.45) is 0 Å². The van der Waals surface area contributed by atoms with Crippen molar-refractivity contribution in [3.63, 3.8) is 0 Å². The minimum Gasteiger partial charge on any atom is -0.359 e. The smallest absolute Gasteiger partial charge is 0.240 e. The maximum absolute atomic E-state index is 12.7. The summed E-state index contributed by atoms with van der Waals surface area (Å²) < 4.78 is 1.62. The van der Waals surface area contributed by atoms with Crippen molar-refractivity contribution in [3.05, 3.63) is 67.1 Å². The second-order valence-corrected chi connectivity index (χ2v) is 8.27. The quantitative estimate of drug-likeness (QED) is 0.297. The van der Waals surface area contributed by atoms with E-state index < -0.39 is 0 Å². The molecule has 0 aliphatic carbocycles. The number of imidazole rings is 1. The first-order valence-corrected chi connectivity index (χ1v) is 11.5. The molecule has 0 radical (unpaired) electrons. The van der Waals surface area contributed by atoms with Crippen LogP contribution in [-0.4, -0.2) is 43.6 Å². The predicted octanol–water partition coefficient (Wildman–Crippen LogP) is 3.38. The average molecular weight is 460 g/mol. The van der Waals surface area contributed by atoms with Gasteiger partial charge >= 0.3 is 0 Å². The van der Waals surface area contributed by atoms with Gasteiger partial charge in [-0.2, -0.15) is 0 Å². The topological polar surface area (TPSA) is 118 Å². The zero-order valence-electron chi connectivity index (χ0n) is 19.2. The van der Waals surface area contributed by atoms with E-state index in [1.807, 2.05) is 18.3 Å². The molecule has 0 fully saturated rings. The van der Waals surface area contributed by atoms with Gasteiger partial charge in [-0.15, -0.1) is 10.2 Å². The SMILES string of the molecule is CNC(=O)CCCCC[C@H](NC(=O)Cn1cnnc1)c1ncc(-c2ccc3ccccc3c2)[nH]1. The van der Waals surface area contributed by atoms with E-state index in [4.69, 9.17) is 0 Å². The number of amides is 2. The molecule has 9 nitrogen and oxygen atoms in total. The lowest BCUT2D eigenvalue weighted by Crippen LogP contribution is -2.32. The van der Waals surface area contributed by atoms with Crippen LogP contribution in [0.4, 0.5) is 0 Å². The fraction of sp³-hybridized carbons (Fsp3) is 0.320. The van der Waals surface area contributed by atoms with Crippen LogP contribution in [0.15, 0.2) is 61.3 Å². The summed E-state index contributed by atoms with van der Waals surface area (Å²) in [6.45, 7) is 0.137. The van der Waals surface area contributed by atoms with Gasteiger partial charge in [-0.3, -0.25) is 9.59 Å². The third-order valence-electron chi connectivity index (χ3n) is 5.79. The van der Waals surface area contributed by atoms with Gasteiger partial charge in [0.25, 0.3) is 0 Å². The molecule has 2 amide bonds. The number of nitrogens with zero attached hydrogens (tertiary/aromatic N) is 4. The van der Waals surface area contributed by atoms with Crippen LogP contribution in [0.5, 0.6) is 0 Å². The van der Waals surface area contributed by atoms with E-state index in [0.29, 0.717) is 18.7 Å². The van der Waals surface area contributed by atoms with Crippen molar-refractivity contribution in [1.29, 1.82) is 0 Å². The molecule has 0 saturated heterocycles. The Kier molecular flexibility index (Phi) is 7.64. The minimum absolute atomic E-state index is 0.0462. The molecule has 0 bridgehead atoms. The number of fused-ring (bicyclic) bond motifs is 1. The fourth-order valence-electron chi connectivity index (χ4n) is 3.94. The molecule has 1 atom stereocenters. The molecular formula is C25H29N7O2. The molecule has 9 heteroatoms. The van der Waals surface area contributed by atoms with E-state index in [9.17, 15) is 9.59 Å². The Balaban J connectivity index is 1.46. The summed E-state index contributed by atoms with van der Waals surface area (Å²) in [7, 11) is 1.65. The Morgan fingerprint density at radius 1 is 1.00 bits per heavy atom. The number of nitrogens with one attached hydrogen (secondary N) is 3. The lowest BCUT2D eigenvalue weighted by Gasteiger charge is -2.17. The van der Waals surface area contributed by atoms with E-state index >= 15 is 0 Å². The van der Waals surface area contributed by atoms with Crippen molar-refractivity contribution in [1.82, 2.24) is 35.4 Å². The molecule has 3 N–H and O–H groups in total. The summed E-state index contributed by atoms with van der Waals surface area (Å²) >= 11 is 0. The Bertz CT molecular complexity index is 1230. The predicted molar refractivity (Wildman–Crippen MR) is 130 cm³/mol. The van der Waals surface area contributed by atoms with Crippen molar-refractivity contribution in [3.8, 4) is 11.3 Å². The average Bonchev–Trinajstić information content (AvgIpc) is 3.55. The number of carbonyl (C=O) groups is 2. The number of aromatic amines is 1. The van der Waals surface area contributed by atoms with E-state index in [0.717, 1.165) is 35.9 Å². The summed E-state index contributed by atoms with van der Waals surface area (Å²) in [4.78, 5) is 32.1. The fourth-order valence-corrected chi connectivity index (χ4v) is 3.94. The first-order chi connectivity index (χ1) is 16.6. The van der Waals surface area contributed by atoms with Crippen LogP contribution in [0.25, 0.3) is 22.0 Å². The zero-order chi connectivity index (χ0) is 23.8. The molecule has 0 spiro atoms. The lowest BCUT2D eigenvalue weighted by molar-refractivity contribution is -0.122. The number of hydrogen-bond acceptors (Lipinski definition) is 5. The van der Waals surface area contributed by atoms with Crippen LogP contribution >= 0.6 is 0 Å². The number of hydrogen-bond donors (Lipinski definition) is 3. The van der Waals surface area contributed by atoms with Crippen LogP contribution < -0.4 is 10.6 Å². The molecule has 0 saturated carbocycles. The molecule has 0 aliphatic heterocycles. The monoisotopic (exact) mass is 459 g/mol. The van der Waals surface area contributed by atoms with Crippen molar-refractivity contribution < 1.29 is 9.59 Å². The van der Waals surface area contributed by atoms with Crippen molar-refractivity contribution in [2.45, 2.75) is 44.7 Å². The Labute approximate surface area is 198 Å². The maximum atomic E-state index is 12.7. The van der Waals surface area contributed by atoms with E-state index in [1.54, 1.807) is 11.6 Å². The molecule has 4 rings (SSSR count). The van der Waals surface area contributed by atoms with Gasteiger partial charge in [-0.25, -0.2) is 4.98 Å². The number of carbonyl (C=O) groups excluding carboxylic acids is 2. The van der Waals surface area contributed by atoms with Gasteiger partial charge in [-0.05, 0) is 29.7 Å². The standard InChI is InChI=1S/C25H29N7O2/c1-26-23(33)10-4-2-3-9-21(30-24(34)15-32-16-28-29-17-32)25-27-14-22(31-25)20-12-11-18-7-5-6-8-19(18)13-20/h5-8,11-14,16-17,21H,2-4,9-10,15H2,1H3,(H,26,33)(H,27,31)(H,30,34)/t21-/m0/s1. The first kappa shape index (κ1) is 23.2. The molecule has 2 aromatic heterocycles. The number of benzene rings is 2. The molecular weight excluding hydrogens is 430 g/mol. The lowest BCUT2D eigenvalue weighted by atomic mass is 10.1. The van der Waals surface area contributed by atoms with E-state index in [-0.39, 0.29) is 24.4 Å². The van der Waals surface area contributed by atoms with E-state index in [1.165, 1.54) is 18.0 Å². The number of rotatable bonds is 11. The maximum Gasteiger partial charge on any atom is 0.240 e. The second-order valence-electron chi connectivity index (χ2n) is 8.27. The van der Waals surface area contributed by atoms with Crippen LogP contribution in [0.3, 0.4) is 0 Å². The number of aromatic nitrogens is 5. The van der Waals surface area contributed by atoms with Gasteiger partial charge in [-0.1, -0.05) is 49.2 Å². The van der Waals surface area contributed by atoms with Gasteiger partial charge in [0.2, 0.25) is 11.8 Å². The molecule has 34 heavy (non-hydrogen) atoms. The molecule has 0 unspecified atom stereocenters. The Morgan fingerprint density at radius 3 is 2.59 bits per heavy atom. The molecule has 2 aromatic carbocycles. The highest BCUT2D eigenvalue weighted by Gasteiger charge is 2.18. The summed E-state index contributed by atoms with van der Waals surface area (Å²) in [6.07, 6.45) is 8.62. The van der Waals surface area contributed by atoms with Crippen LogP contribution in [0, 0.1) is 0 Å². The largest absolute Gasteiger partial charge is 0.359 e. The zero-order valence-corrected chi connectivity index (χ0v) is 19.2. The Morgan fingerprint density at radius 2 is 1.79 bits per heavy atom.